The molecule has 0 bridgehead atoms. The standard InChI is InChI=1S/C19H23N3O3.ClH/c1-12-4-6-14(7-5-12)17(21-13(2)23)11-19(24)22-15-8-9-18(25-3)16(20)10-15;/h4-10,17H,11,20H2,1-3H3,(H,21,23)(H,22,24);1H. The van der Waals surface area contributed by atoms with Crippen LogP contribution in [0.25, 0.3) is 0 Å². The maximum absolute atomic E-state index is 12.4. The van der Waals surface area contributed by atoms with Gasteiger partial charge >= 0.3 is 0 Å². The van der Waals surface area contributed by atoms with Crippen molar-refractivity contribution in [2.24, 2.45) is 0 Å². The number of halogens is 1. The van der Waals surface area contributed by atoms with Crippen LogP contribution in [0.1, 0.15) is 30.5 Å². The summed E-state index contributed by atoms with van der Waals surface area (Å²) in [6.07, 6.45) is 0.120. The lowest BCUT2D eigenvalue weighted by Gasteiger charge is -2.18. The Morgan fingerprint density at radius 3 is 2.35 bits per heavy atom. The van der Waals surface area contributed by atoms with Crippen LogP contribution in [-0.4, -0.2) is 18.9 Å². The third-order valence-corrected chi connectivity index (χ3v) is 3.76. The van der Waals surface area contributed by atoms with Crippen molar-refractivity contribution in [2.45, 2.75) is 26.3 Å². The number of nitrogen functional groups attached to an aromatic ring is 1. The third kappa shape index (κ3) is 5.97. The van der Waals surface area contributed by atoms with Crippen LogP contribution in [0.4, 0.5) is 11.4 Å². The van der Waals surface area contributed by atoms with Gasteiger partial charge < -0.3 is 21.1 Å². The molecule has 0 aliphatic carbocycles. The number of benzene rings is 2. The molecule has 1 atom stereocenters. The van der Waals surface area contributed by atoms with Crippen LogP contribution in [0, 0.1) is 6.92 Å². The van der Waals surface area contributed by atoms with Crippen molar-refractivity contribution in [2.75, 3.05) is 18.2 Å². The first-order valence-electron chi connectivity index (χ1n) is 7.96. The van der Waals surface area contributed by atoms with Crippen molar-refractivity contribution in [3.8, 4) is 5.75 Å². The van der Waals surface area contributed by atoms with Crippen molar-refractivity contribution in [3.63, 3.8) is 0 Å². The van der Waals surface area contributed by atoms with E-state index in [0.717, 1.165) is 11.1 Å². The SMILES string of the molecule is COc1ccc(NC(=O)CC(NC(C)=O)c2ccc(C)cc2)cc1N.Cl. The van der Waals surface area contributed by atoms with Crippen LogP contribution in [0.15, 0.2) is 42.5 Å². The van der Waals surface area contributed by atoms with Gasteiger partial charge in [-0.05, 0) is 30.7 Å². The van der Waals surface area contributed by atoms with Crippen molar-refractivity contribution in [1.29, 1.82) is 0 Å². The number of rotatable bonds is 6. The van der Waals surface area contributed by atoms with Gasteiger partial charge in [-0.2, -0.15) is 0 Å². The number of nitrogens with two attached hydrogens (primary N) is 1. The number of carbonyl (C=O) groups is 2. The summed E-state index contributed by atoms with van der Waals surface area (Å²) in [6.45, 7) is 3.42. The quantitative estimate of drug-likeness (QED) is 0.674. The van der Waals surface area contributed by atoms with Crippen LogP contribution < -0.4 is 21.1 Å². The Hall–Kier alpha value is -2.73. The van der Waals surface area contributed by atoms with Crippen LogP contribution in [0.5, 0.6) is 5.75 Å². The minimum absolute atomic E-state index is 0. The van der Waals surface area contributed by atoms with Gasteiger partial charge in [-0.25, -0.2) is 0 Å². The lowest BCUT2D eigenvalue weighted by atomic mass is 10.0. The molecule has 6 nitrogen and oxygen atoms in total. The Balaban J connectivity index is 0.00000338. The first kappa shape index (κ1) is 21.3. The average molecular weight is 378 g/mol. The fraction of sp³-hybridized carbons (Fsp3) is 0.263. The molecule has 2 aromatic rings. The molecular formula is C19H24ClN3O3. The van der Waals surface area contributed by atoms with E-state index in [0.29, 0.717) is 17.1 Å². The molecule has 0 aliphatic rings. The number of carbonyl (C=O) groups excluding carboxylic acids is 2. The molecule has 2 amide bonds. The van der Waals surface area contributed by atoms with Crippen LogP contribution in [0.3, 0.4) is 0 Å². The van der Waals surface area contributed by atoms with E-state index in [-0.39, 0.29) is 30.6 Å². The summed E-state index contributed by atoms with van der Waals surface area (Å²) in [5.41, 5.74) is 8.86. The van der Waals surface area contributed by atoms with Gasteiger partial charge in [0.25, 0.3) is 0 Å². The molecule has 0 spiro atoms. The maximum atomic E-state index is 12.4. The predicted molar refractivity (Wildman–Crippen MR) is 106 cm³/mol. The fourth-order valence-corrected chi connectivity index (χ4v) is 2.51. The first-order valence-corrected chi connectivity index (χ1v) is 7.96. The molecule has 0 radical (unpaired) electrons. The number of amides is 2. The maximum Gasteiger partial charge on any atom is 0.226 e. The Labute approximate surface area is 159 Å². The van der Waals surface area contributed by atoms with Gasteiger partial charge in [0.05, 0.1) is 25.3 Å². The molecule has 4 N–H and O–H groups in total. The first-order chi connectivity index (χ1) is 11.9. The minimum Gasteiger partial charge on any atom is -0.495 e. The Bertz CT molecular complexity index is 763. The van der Waals surface area contributed by atoms with Gasteiger partial charge in [-0.3, -0.25) is 9.59 Å². The topological polar surface area (TPSA) is 93.5 Å². The molecule has 0 saturated carbocycles. The number of hydrogen-bond donors (Lipinski definition) is 3. The Morgan fingerprint density at radius 1 is 1.15 bits per heavy atom. The predicted octanol–water partition coefficient (Wildman–Crippen LogP) is 3.21. The molecule has 0 fully saturated rings. The molecular weight excluding hydrogens is 354 g/mol. The van der Waals surface area contributed by atoms with Crippen molar-refractivity contribution in [3.05, 3.63) is 53.6 Å². The van der Waals surface area contributed by atoms with Crippen LogP contribution >= 0.6 is 12.4 Å². The summed E-state index contributed by atoms with van der Waals surface area (Å²) in [7, 11) is 1.53. The molecule has 0 heterocycles. The Morgan fingerprint density at radius 2 is 1.81 bits per heavy atom. The second kappa shape index (κ2) is 9.68. The number of hydrogen-bond acceptors (Lipinski definition) is 4. The smallest absolute Gasteiger partial charge is 0.226 e. The largest absolute Gasteiger partial charge is 0.495 e. The lowest BCUT2D eigenvalue weighted by molar-refractivity contribution is -0.120. The zero-order chi connectivity index (χ0) is 18.4. The van der Waals surface area contributed by atoms with Gasteiger partial charge in [0, 0.05) is 12.6 Å². The van der Waals surface area contributed by atoms with E-state index in [4.69, 9.17) is 10.5 Å². The Kier molecular flexibility index (Phi) is 7.93. The number of anilines is 2. The van der Waals surface area contributed by atoms with E-state index >= 15 is 0 Å². The minimum atomic E-state index is -0.395. The monoisotopic (exact) mass is 377 g/mol. The molecule has 140 valence electrons. The highest BCUT2D eigenvalue weighted by Gasteiger charge is 2.17. The molecule has 2 rings (SSSR count). The van der Waals surface area contributed by atoms with E-state index in [2.05, 4.69) is 10.6 Å². The molecule has 26 heavy (non-hydrogen) atoms. The fourth-order valence-electron chi connectivity index (χ4n) is 2.51. The van der Waals surface area contributed by atoms with Crippen LogP contribution in [-0.2, 0) is 9.59 Å². The molecule has 7 heteroatoms. The van der Waals surface area contributed by atoms with E-state index in [1.54, 1.807) is 18.2 Å². The number of nitrogens with one attached hydrogen (secondary N) is 2. The van der Waals surface area contributed by atoms with Crippen LogP contribution in [0.2, 0.25) is 0 Å². The highest BCUT2D eigenvalue weighted by atomic mass is 35.5. The van der Waals surface area contributed by atoms with Gasteiger partial charge in [0.1, 0.15) is 5.75 Å². The summed E-state index contributed by atoms with van der Waals surface area (Å²) in [5, 5.41) is 5.61. The van der Waals surface area contributed by atoms with Crippen molar-refractivity contribution < 1.29 is 14.3 Å². The van der Waals surface area contributed by atoms with Gasteiger partial charge in [-0.15, -0.1) is 12.4 Å². The number of ether oxygens (including phenoxy) is 1. The van der Waals surface area contributed by atoms with Gasteiger partial charge in [-0.1, -0.05) is 29.8 Å². The average Bonchev–Trinajstić information content (AvgIpc) is 2.54. The van der Waals surface area contributed by atoms with Crippen molar-refractivity contribution >= 4 is 35.6 Å². The highest BCUT2D eigenvalue weighted by Crippen LogP contribution is 2.25. The van der Waals surface area contributed by atoms with E-state index < -0.39 is 6.04 Å². The second-order valence-electron chi connectivity index (χ2n) is 5.87. The highest BCUT2D eigenvalue weighted by molar-refractivity contribution is 5.92. The third-order valence-electron chi connectivity index (χ3n) is 3.76. The number of methoxy groups -OCH3 is 1. The van der Waals surface area contributed by atoms with Crippen molar-refractivity contribution in [1.82, 2.24) is 5.32 Å². The zero-order valence-electron chi connectivity index (χ0n) is 15.0. The zero-order valence-corrected chi connectivity index (χ0v) is 15.9. The molecule has 1 unspecified atom stereocenters. The second-order valence-corrected chi connectivity index (χ2v) is 5.87. The van der Waals surface area contributed by atoms with E-state index in [1.807, 2.05) is 31.2 Å². The summed E-state index contributed by atoms with van der Waals surface area (Å²) >= 11 is 0. The normalized spacial score (nSPS) is 11.0. The molecule has 0 saturated heterocycles. The van der Waals surface area contributed by atoms with E-state index in [9.17, 15) is 9.59 Å². The lowest BCUT2D eigenvalue weighted by Crippen LogP contribution is -2.29. The summed E-state index contributed by atoms with van der Waals surface area (Å²) in [4.78, 5) is 23.9. The molecule has 0 aromatic heterocycles. The number of aryl methyl sites for hydroxylation is 1. The van der Waals surface area contributed by atoms with E-state index in [1.165, 1.54) is 14.0 Å². The summed E-state index contributed by atoms with van der Waals surface area (Å²) < 4.78 is 5.10. The van der Waals surface area contributed by atoms with Gasteiger partial charge in [0.15, 0.2) is 0 Å². The summed E-state index contributed by atoms with van der Waals surface area (Å²) in [6, 6.07) is 12.4. The van der Waals surface area contributed by atoms with Gasteiger partial charge in [0.2, 0.25) is 11.8 Å². The summed E-state index contributed by atoms with van der Waals surface area (Å²) in [5.74, 6) is 0.143. The molecule has 0 aliphatic heterocycles. The molecule has 2 aromatic carbocycles.